The molecule has 0 aliphatic carbocycles. The summed E-state index contributed by atoms with van der Waals surface area (Å²) in [5.74, 6) is 0.145. The third kappa shape index (κ3) is 3.21. The van der Waals surface area contributed by atoms with Gasteiger partial charge in [-0.25, -0.2) is 4.98 Å². The van der Waals surface area contributed by atoms with Crippen molar-refractivity contribution in [3.63, 3.8) is 0 Å². The molecule has 0 aliphatic heterocycles. The number of ether oxygens (including phenoxy) is 2. The zero-order valence-electron chi connectivity index (χ0n) is 11.4. The van der Waals surface area contributed by atoms with Crippen LogP contribution >= 0.6 is 0 Å². The summed E-state index contributed by atoms with van der Waals surface area (Å²) in [7, 11) is 1.47. The van der Waals surface area contributed by atoms with Gasteiger partial charge in [0.2, 0.25) is 5.88 Å². The summed E-state index contributed by atoms with van der Waals surface area (Å²) in [6.45, 7) is -0.117. The smallest absolute Gasteiger partial charge is 0.267 e. The number of hydrogen-bond acceptors (Lipinski definition) is 6. The molecule has 1 aromatic heterocycles. The van der Waals surface area contributed by atoms with Gasteiger partial charge in [-0.3, -0.25) is 4.79 Å². The molecule has 0 spiro atoms. The highest BCUT2D eigenvalue weighted by atomic mass is 16.5. The van der Waals surface area contributed by atoms with Gasteiger partial charge in [-0.1, -0.05) is 6.07 Å². The highest BCUT2D eigenvalue weighted by Crippen LogP contribution is 2.33. The second kappa shape index (κ2) is 6.10. The third-order valence-electron chi connectivity index (χ3n) is 2.76. The van der Waals surface area contributed by atoms with Crippen LogP contribution < -0.4 is 20.9 Å². The van der Waals surface area contributed by atoms with Crippen molar-refractivity contribution in [2.24, 2.45) is 5.73 Å². The Bertz CT molecular complexity index is 673. The van der Waals surface area contributed by atoms with Crippen LogP contribution in [0.25, 0.3) is 0 Å². The van der Waals surface area contributed by atoms with Crippen LogP contribution in [-0.2, 0) is 6.61 Å². The molecule has 0 saturated heterocycles. The number of aromatic nitrogens is 1. The quantitative estimate of drug-likeness (QED) is 0.756. The molecule has 21 heavy (non-hydrogen) atoms. The lowest BCUT2D eigenvalue weighted by Crippen LogP contribution is -2.13. The zero-order valence-corrected chi connectivity index (χ0v) is 11.4. The van der Waals surface area contributed by atoms with Gasteiger partial charge >= 0.3 is 0 Å². The van der Waals surface area contributed by atoms with Crippen molar-refractivity contribution in [1.82, 2.24) is 4.98 Å². The first-order valence-electron chi connectivity index (χ1n) is 6.07. The van der Waals surface area contributed by atoms with E-state index in [1.54, 1.807) is 18.2 Å². The molecule has 0 bridgehead atoms. The van der Waals surface area contributed by atoms with E-state index in [9.17, 15) is 4.79 Å². The van der Waals surface area contributed by atoms with E-state index in [0.717, 1.165) is 0 Å². The van der Waals surface area contributed by atoms with Crippen molar-refractivity contribution in [2.75, 3.05) is 12.8 Å². The normalized spacial score (nSPS) is 10.2. The topological polar surface area (TPSA) is 121 Å². The van der Waals surface area contributed by atoms with Crippen LogP contribution in [0.1, 0.15) is 16.1 Å². The Hall–Kier alpha value is -2.80. The molecule has 1 amide bonds. The standard InChI is InChI=1S/C14H15N3O4/c1-20-12-6-8(7-18)2-5-11(12)21-14-9(15)3-4-10(17-14)13(16)19/h2-6,18H,7,15H2,1H3,(H2,16,19). The fourth-order valence-electron chi connectivity index (χ4n) is 1.67. The van der Waals surface area contributed by atoms with Gasteiger partial charge in [0.25, 0.3) is 5.91 Å². The average molecular weight is 289 g/mol. The fourth-order valence-corrected chi connectivity index (χ4v) is 1.67. The first-order valence-corrected chi connectivity index (χ1v) is 6.07. The van der Waals surface area contributed by atoms with Crippen LogP contribution in [0.5, 0.6) is 17.4 Å². The number of nitrogen functional groups attached to an aromatic ring is 1. The molecule has 5 N–H and O–H groups in total. The number of rotatable bonds is 5. The van der Waals surface area contributed by atoms with Crippen LogP contribution in [-0.4, -0.2) is 23.1 Å². The predicted octanol–water partition coefficient (Wildman–Crippen LogP) is 1.06. The molecule has 1 heterocycles. The number of carbonyl (C=O) groups excluding carboxylic acids is 1. The Morgan fingerprint density at radius 1 is 1.29 bits per heavy atom. The molecule has 0 fully saturated rings. The molecular formula is C14H15N3O4. The zero-order chi connectivity index (χ0) is 15.4. The Morgan fingerprint density at radius 2 is 2.05 bits per heavy atom. The Kier molecular flexibility index (Phi) is 4.24. The Labute approximate surface area is 121 Å². The molecule has 2 rings (SSSR count). The Morgan fingerprint density at radius 3 is 2.67 bits per heavy atom. The first-order chi connectivity index (χ1) is 10.0. The summed E-state index contributed by atoms with van der Waals surface area (Å²) in [6.07, 6.45) is 0. The molecule has 0 atom stereocenters. The van der Waals surface area contributed by atoms with Gasteiger partial charge in [0.15, 0.2) is 11.5 Å². The molecule has 2 aromatic rings. The maximum atomic E-state index is 11.1. The van der Waals surface area contributed by atoms with Gasteiger partial charge in [0.1, 0.15) is 5.69 Å². The van der Waals surface area contributed by atoms with Gasteiger partial charge in [-0.2, -0.15) is 0 Å². The van der Waals surface area contributed by atoms with Crippen molar-refractivity contribution < 1.29 is 19.4 Å². The second-order valence-electron chi connectivity index (χ2n) is 4.20. The number of benzene rings is 1. The summed E-state index contributed by atoms with van der Waals surface area (Å²) in [6, 6.07) is 7.81. The lowest BCUT2D eigenvalue weighted by atomic mass is 10.2. The summed E-state index contributed by atoms with van der Waals surface area (Å²) >= 11 is 0. The summed E-state index contributed by atoms with van der Waals surface area (Å²) in [5, 5.41) is 9.10. The predicted molar refractivity (Wildman–Crippen MR) is 76.2 cm³/mol. The van der Waals surface area contributed by atoms with Crippen molar-refractivity contribution >= 4 is 11.6 Å². The first kappa shape index (κ1) is 14.6. The van der Waals surface area contributed by atoms with Crippen molar-refractivity contribution in [1.29, 1.82) is 0 Å². The van der Waals surface area contributed by atoms with Gasteiger partial charge in [0, 0.05) is 0 Å². The molecule has 0 saturated carbocycles. The van der Waals surface area contributed by atoms with Gasteiger partial charge < -0.3 is 26.0 Å². The maximum absolute atomic E-state index is 11.1. The molecule has 1 aromatic carbocycles. The highest BCUT2D eigenvalue weighted by molar-refractivity contribution is 5.91. The molecule has 7 heteroatoms. The average Bonchev–Trinajstić information content (AvgIpc) is 2.49. The molecule has 110 valence electrons. The highest BCUT2D eigenvalue weighted by Gasteiger charge is 2.12. The number of primary amides is 1. The summed E-state index contributed by atoms with van der Waals surface area (Å²) in [5.41, 5.74) is 11.9. The van der Waals surface area contributed by atoms with Crippen LogP contribution in [0, 0.1) is 0 Å². The third-order valence-corrected chi connectivity index (χ3v) is 2.76. The van der Waals surface area contributed by atoms with Crippen molar-refractivity contribution in [2.45, 2.75) is 6.61 Å². The number of nitrogens with two attached hydrogens (primary N) is 2. The summed E-state index contributed by atoms with van der Waals surface area (Å²) in [4.78, 5) is 15.1. The van der Waals surface area contributed by atoms with E-state index in [1.807, 2.05) is 0 Å². The van der Waals surface area contributed by atoms with E-state index in [2.05, 4.69) is 4.98 Å². The number of aliphatic hydroxyl groups excluding tert-OH is 1. The van der Waals surface area contributed by atoms with Gasteiger partial charge in [0.05, 0.1) is 19.4 Å². The minimum atomic E-state index is -0.678. The molecule has 0 radical (unpaired) electrons. The minimum Gasteiger partial charge on any atom is -0.493 e. The van der Waals surface area contributed by atoms with E-state index in [0.29, 0.717) is 17.1 Å². The van der Waals surface area contributed by atoms with E-state index in [-0.39, 0.29) is 23.9 Å². The monoisotopic (exact) mass is 289 g/mol. The lowest BCUT2D eigenvalue weighted by Gasteiger charge is -2.12. The van der Waals surface area contributed by atoms with E-state index >= 15 is 0 Å². The molecule has 0 unspecified atom stereocenters. The number of aliphatic hydroxyl groups is 1. The molecule has 7 nitrogen and oxygen atoms in total. The van der Waals surface area contributed by atoms with Crippen LogP contribution in [0.4, 0.5) is 5.69 Å². The number of methoxy groups -OCH3 is 1. The SMILES string of the molecule is COc1cc(CO)ccc1Oc1nc(C(N)=O)ccc1N. The molecule has 0 aliphatic rings. The van der Waals surface area contributed by atoms with Crippen LogP contribution in [0.15, 0.2) is 30.3 Å². The van der Waals surface area contributed by atoms with E-state index < -0.39 is 5.91 Å². The van der Waals surface area contributed by atoms with Gasteiger partial charge in [-0.15, -0.1) is 0 Å². The van der Waals surface area contributed by atoms with E-state index in [1.165, 1.54) is 19.2 Å². The van der Waals surface area contributed by atoms with Crippen LogP contribution in [0.3, 0.4) is 0 Å². The number of amides is 1. The maximum Gasteiger partial charge on any atom is 0.267 e. The largest absolute Gasteiger partial charge is 0.493 e. The number of anilines is 1. The number of pyridine rings is 1. The second-order valence-corrected chi connectivity index (χ2v) is 4.20. The fraction of sp³-hybridized carbons (Fsp3) is 0.143. The minimum absolute atomic E-state index is 0.0464. The summed E-state index contributed by atoms with van der Waals surface area (Å²) < 4.78 is 10.8. The van der Waals surface area contributed by atoms with Crippen molar-refractivity contribution in [3.8, 4) is 17.4 Å². The number of hydrogen-bond donors (Lipinski definition) is 3. The van der Waals surface area contributed by atoms with E-state index in [4.69, 9.17) is 26.0 Å². The Balaban J connectivity index is 2.37. The van der Waals surface area contributed by atoms with Gasteiger partial charge in [-0.05, 0) is 29.8 Å². The molecular weight excluding hydrogens is 274 g/mol. The van der Waals surface area contributed by atoms with Crippen LogP contribution in [0.2, 0.25) is 0 Å². The number of carbonyl (C=O) groups is 1. The van der Waals surface area contributed by atoms with Crippen molar-refractivity contribution in [3.05, 3.63) is 41.6 Å². The lowest BCUT2D eigenvalue weighted by molar-refractivity contribution is 0.0995. The number of nitrogens with zero attached hydrogens (tertiary/aromatic N) is 1.